The van der Waals surface area contributed by atoms with Gasteiger partial charge in [0.05, 0.1) is 112 Å². The predicted octanol–water partition coefficient (Wildman–Crippen LogP) is 16.9. The van der Waals surface area contributed by atoms with Crippen LogP contribution in [0.4, 0.5) is 28.4 Å². The molecule has 0 aliphatic carbocycles. The number of anilines is 5. The van der Waals surface area contributed by atoms with Gasteiger partial charge in [-0.3, -0.25) is 0 Å². The number of sulfonamides is 5. The summed E-state index contributed by atoms with van der Waals surface area (Å²) in [5.74, 6) is -5.69. The molecule has 0 unspecified atom stereocenters. The fraction of sp³-hybridized carbons (Fsp3) is 0.557. The van der Waals surface area contributed by atoms with Crippen molar-refractivity contribution in [2.24, 2.45) is 25.7 Å². The van der Waals surface area contributed by atoms with Gasteiger partial charge in [-0.2, -0.15) is 0 Å². The van der Waals surface area contributed by atoms with Gasteiger partial charge in [0.25, 0.3) is 0 Å². The zero-order valence-electron chi connectivity index (χ0n) is 84.4. The number of primary sulfonamides is 5. The van der Waals surface area contributed by atoms with Crippen molar-refractivity contribution >= 4 is 120 Å². The van der Waals surface area contributed by atoms with E-state index in [1.807, 2.05) is 39.0 Å². The molecule has 2 aliphatic heterocycles. The van der Waals surface area contributed by atoms with E-state index < -0.39 is 80.0 Å². The fourth-order valence-corrected chi connectivity index (χ4v) is 18.9. The van der Waals surface area contributed by atoms with Crippen molar-refractivity contribution in [1.82, 2.24) is 10.6 Å². The zero-order chi connectivity index (χ0) is 106. The Bertz CT molecular complexity index is 4810. The normalized spacial score (nSPS) is 12.1. The van der Waals surface area contributed by atoms with Gasteiger partial charge in [-0.15, -0.1) is 11.8 Å². The lowest BCUT2D eigenvalue weighted by atomic mass is 10.1. The highest BCUT2D eigenvalue weighted by Gasteiger charge is 2.31. The highest BCUT2D eigenvalue weighted by atomic mass is 32.2. The van der Waals surface area contributed by atoms with Gasteiger partial charge in [0.2, 0.25) is 50.1 Å². The molecule has 17 N–H and O–H groups in total. The number of hydrogen-bond acceptors (Lipinski definition) is 28. The van der Waals surface area contributed by atoms with Crippen LogP contribution >= 0.6 is 11.8 Å². The Morgan fingerprint density at radius 3 is 0.679 bits per heavy atom. The summed E-state index contributed by atoms with van der Waals surface area (Å²) in [6, 6.07) is 20.2. The molecule has 792 valence electrons. The molecule has 0 amide bonds. The number of rotatable bonds is 49. The Morgan fingerprint density at radius 1 is 0.314 bits per heavy atom. The lowest BCUT2D eigenvalue weighted by Gasteiger charge is -2.28. The van der Waals surface area contributed by atoms with Gasteiger partial charge in [-0.25, -0.2) is 91.8 Å². The van der Waals surface area contributed by atoms with Crippen LogP contribution in [-0.4, -0.2) is 217 Å². The van der Waals surface area contributed by atoms with E-state index in [1.54, 1.807) is 44.3 Å². The SMILES string of the molecule is C1CCNC1.C1CCNCC1.CCCCN(CCCC)c1cc(C(=O)O)cc(S(N)(=O)=O)c1C.CCCCN(CCCC)c1cc(C(=O)O)cc(S(N)(=O)=O)c1OC.CCCCN(CCCC)c1cc(C(=O)O)cc(S(N)(=O)=O)c1OC.CCCCN(CCCC)c1cc(C(=O)O)cc(S(N)(=O)=O)c1OC.CCCCN(CCCC)c1cc(C(=O)O)cc(S(N)(=O)=O)c1SC.c1ccoc1.c1ccoc1. The van der Waals surface area contributed by atoms with Crippen LogP contribution in [0.1, 0.15) is 287 Å². The summed E-state index contributed by atoms with van der Waals surface area (Å²) < 4.78 is 144. The molecule has 7 aromatic rings. The largest absolute Gasteiger partial charge is 0.493 e. The topological polar surface area (TPSA) is 582 Å². The second kappa shape index (κ2) is 69.2. The maximum absolute atomic E-state index is 11.9. The Balaban J connectivity index is 0.000000826. The number of aromatic carboxylic acids is 5. The number of methoxy groups -OCH3 is 3. The van der Waals surface area contributed by atoms with Crippen LogP contribution < -0.4 is 75.0 Å². The molecular weight excluding hydrogens is 1930 g/mol. The number of unbranched alkanes of at least 4 members (excludes halogenated alkanes) is 10. The van der Waals surface area contributed by atoms with E-state index in [0.29, 0.717) is 78.2 Å². The Labute approximate surface area is 836 Å². The third-order valence-electron chi connectivity index (χ3n) is 21.6. The number of hydrogen-bond donors (Lipinski definition) is 12. The van der Waals surface area contributed by atoms with Gasteiger partial charge in [0, 0.05) is 71.1 Å². The van der Waals surface area contributed by atoms with Gasteiger partial charge in [0.15, 0.2) is 17.2 Å². The molecule has 2 fully saturated rings. The minimum Gasteiger partial charge on any atom is -0.493 e. The van der Waals surface area contributed by atoms with Crippen LogP contribution in [0.25, 0.3) is 0 Å². The summed E-state index contributed by atoms with van der Waals surface area (Å²) in [5, 5.41) is 79.4. The fourth-order valence-electron chi connectivity index (χ4n) is 14.0. The molecule has 0 spiro atoms. The number of carboxylic acid groups (broad SMARTS) is 5. The highest BCUT2D eigenvalue weighted by Crippen LogP contribution is 2.42. The number of carboxylic acids is 5. The van der Waals surface area contributed by atoms with E-state index >= 15 is 0 Å². The average Bonchev–Trinajstić information content (AvgIpc) is 0.877. The Hall–Kier alpha value is -9.77. The summed E-state index contributed by atoms with van der Waals surface area (Å²) in [6.45, 7) is 34.4. The number of piperidine rings is 1. The predicted molar refractivity (Wildman–Crippen MR) is 556 cm³/mol. The summed E-state index contributed by atoms with van der Waals surface area (Å²) in [7, 11) is -16.3. The van der Waals surface area contributed by atoms with E-state index in [4.69, 9.17) is 39.9 Å². The van der Waals surface area contributed by atoms with Crippen LogP contribution in [0, 0.1) is 6.92 Å². The van der Waals surface area contributed by atoms with Gasteiger partial charge in [-0.1, -0.05) is 140 Å². The smallest absolute Gasteiger partial charge is 0.335 e. The molecule has 5 aromatic carbocycles. The first-order valence-electron chi connectivity index (χ1n) is 47.7. The van der Waals surface area contributed by atoms with Crippen molar-refractivity contribution < 1.29 is 115 Å². The quantitative estimate of drug-likeness (QED) is 0.0158. The van der Waals surface area contributed by atoms with Gasteiger partial charge >= 0.3 is 29.8 Å². The molecule has 2 saturated heterocycles. The maximum atomic E-state index is 11.9. The van der Waals surface area contributed by atoms with Crippen LogP contribution in [0.5, 0.6) is 17.2 Å². The number of ether oxygens (including phenoxy) is 3. The Morgan fingerprint density at radius 2 is 0.507 bits per heavy atom. The van der Waals surface area contributed by atoms with E-state index in [0.717, 1.165) is 185 Å². The summed E-state index contributed by atoms with van der Waals surface area (Å²) in [5.41, 5.74) is 2.59. The van der Waals surface area contributed by atoms with Crippen molar-refractivity contribution in [3.63, 3.8) is 0 Å². The summed E-state index contributed by atoms with van der Waals surface area (Å²) in [4.78, 5) is 66.3. The third kappa shape index (κ3) is 47.4. The van der Waals surface area contributed by atoms with Crippen LogP contribution in [-0.2, 0) is 50.1 Å². The summed E-state index contributed by atoms with van der Waals surface area (Å²) >= 11 is 1.27. The molecule has 0 atom stereocenters. The zero-order valence-corrected chi connectivity index (χ0v) is 89.3. The van der Waals surface area contributed by atoms with Gasteiger partial charge in [0.1, 0.15) is 14.7 Å². The number of nitrogens with two attached hydrogens (primary N) is 5. The molecule has 43 heteroatoms. The third-order valence-corrected chi connectivity index (χ3v) is 27.3. The van der Waals surface area contributed by atoms with Crippen LogP contribution in [0.2, 0.25) is 0 Å². The molecule has 4 heterocycles. The monoisotopic (exact) mass is 2080 g/mol. The number of furan rings is 2. The van der Waals surface area contributed by atoms with E-state index in [2.05, 4.69) is 98.5 Å². The van der Waals surface area contributed by atoms with Gasteiger partial charge in [-0.05, 0) is 220 Å². The minimum absolute atomic E-state index is 0.0624. The molecule has 2 aliphatic rings. The summed E-state index contributed by atoms with van der Waals surface area (Å²) in [6.07, 6.45) is 34.2. The highest BCUT2D eigenvalue weighted by molar-refractivity contribution is 7.99. The molecule has 37 nitrogen and oxygen atoms in total. The first-order valence-corrected chi connectivity index (χ1v) is 56.6. The first-order chi connectivity index (χ1) is 66.2. The number of carbonyl (C=O) groups is 5. The molecule has 0 saturated carbocycles. The van der Waals surface area contributed by atoms with Crippen molar-refractivity contribution in [3.05, 3.63) is 143 Å². The second-order valence-electron chi connectivity index (χ2n) is 32.8. The number of benzene rings is 5. The number of nitrogens with one attached hydrogen (secondary N) is 2. The number of nitrogens with zero attached hydrogens (tertiary/aromatic N) is 5. The Kier molecular flexibility index (Phi) is 63.4. The van der Waals surface area contributed by atoms with Crippen molar-refractivity contribution in [3.8, 4) is 17.2 Å². The molecule has 9 rings (SSSR count). The van der Waals surface area contributed by atoms with Gasteiger partial charge < -0.3 is 83.7 Å². The second-order valence-corrected chi connectivity index (χ2v) is 41.3. The molecule has 140 heavy (non-hydrogen) atoms. The lowest BCUT2D eigenvalue weighted by molar-refractivity contribution is 0.0685. The van der Waals surface area contributed by atoms with E-state index in [-0.39, 0.29) is 69.5 Å². The molecule has 0 bridgehead atoms. The molecule has 2 aromatic heterocycles. The van der Waals surface area contributed by atoms with Crippen molar-refractivity contribution in [1.29, 1.82) is 0 Å². The van der Waals surface area contributed by atoms with Crippen molar-refractivity contribution in [2.45, 2.75) is 266 Å². The molecular formula is C97H158N12O25S6. The lowest BCUT2D eigenvalue weighted by Crippen LogP contribution is -2.28. The minimum atomic E-state index is -4.11. The van der Waals surface area contributed by atoms with E-state index in [1.165, 1.54) is 116 Å². The van der Waals surface area contributed by atoms with Crippen molar-refractivity contribution in [2.75, 3.05) is 144 Å². The standard InChI is InChI=1S/3C16H26N2O5S.C16H26N2O4S2.C16H26N2O4S.C5H11N.C4H9N.2C4H4O/c4*1-4-6-8-18(9-7-5-2)13-10-12(16(19)20)11-14(15(13)23-3)24(17,21)22;1-4-6-8-18(9-7-5-2)14-10-13(16(19)20)11-15(12(14)3)23(17,21)22;1-2-4-6-5-3-1;3*1-2-4-5-3-1/h4*10-11H,4-9H2,1-3H3,(H,19,20)(H2,17,21,22);10-11H,4-9H2,1-3H3,(H,19,20)(H2,17,21,22);6H,1-5H2;5H,1-4H2;2*1-4H. The number of thioether (sulfide) groups is 1. The average molecular weight is 2080 g/mol. The van der Waals surface area contributed by atoms with Crippen LogP contribution in [0.3, 0.4) is 0 Å². The van der Waals surface area contributed by atoms with Crippen LogP contribution in [0.15, 0.2) is 148 Å². The van der Waals surface area contributed by atoms with E-state index in [9.17, 15) is 91.6 Å². The maximum Gasteiger partial charge on any atom is 0.335 e. The molecule has 0 radical (unpaired) electrons. The first kappa shape index (κ1) is 128.